The number of carbonyl (C=O) groups excluding carboxylic acids is 1. The van der Waals surface area contributed by atoms with Gasteiger partial charge < -0.3 is 15.6 Å². The van der Waals surface area contributed by atoms with Gasteiger partial charge in [0, 0.05) is 22.3 Å². The number of hydrogen-bond acceptors (Lipinski definition) is 1. The van der Waals surface area contributed by atoms with Gasteiger partial charge in [0.25, 0.3) is 5.91 Å². The number of fused-ring (bicyclic) bond motifs is 6. The molecule has 0 unspecified atom stereocenters. The van der Waals surface area contributed by atoms with Gasteiger partial charge in [0.15, 0.2) is 0 Å². The molecule has 3 aromatic rings. The predicted octanol–water partition coefficient (Wildman–Crippen LogP) is 2.14. The van der Waals surface area contributed by atoms with Crippen LogP contribution in [-0.2, 0) is 16.8 Å². The van der Waals surface area contributed by atoms with Crippen molar-refractivity contribution < 1.29 is 10.1 Å². The number of halogens is 1. The summed E-state index contributed by atoms with van der Waals surface area (Å²) in [6.07, 6.45) is 0.923. The summed E-state index contributed by atoms with van der Waals surface area (Å²) >= 11 is 6.18. The molecule has 2 aromatic carbocycles. The van der Waals surface area contributed by atoms with Crippen LogP contribution >= 0.6 is 11.6 Å². The number of aromatic amines is 1. The standard InChI is InChI=1S/C18H14ClN3O/c19-10-5-6-14-12(9-10)11-7-8-20-18(16(11)21-14)13-3-1-2-4-15(13)22-17(18)23/h1-6,9,20-21H,7-8H2,(H,22,23)/p+1/t18-/m1/s1. The number of hydrogen-bond donors (Lipinski definition) is 3. The maximum atomic E-state index is 12.9. The lowest BCUT2D eigenvalue weighted by Crippen LogP contribution is -2.98. The van der Waals surface area contributed by atoms with Crippen LogP contribution < -0.4 is 10.6 Å². The number of rotatable bonds is 0. The number of amides is 1. The van der Waals surface area contributed by atoms with Crippen molar-refractivity contribution in [3.63, 3.8) is 0 Å². The highest BCUT2D eigenvalue weighted by molar-refractivity contribution is 6.31. The van der Waals surface area contributed by atoms with Crippen LogP contribution in [0.1, 0.15) is 16.8 Å². The first-order chi connectivity index (χ1) is 11.2. The molecule has 1 atom stereocenters. The van der Waals surface area contributed by atoms with Crippen molar-refractivity contribution in [2.75, 3.05) is 11.9 Å². The number of benzene rings is 2. The number of carbonyl (C=O) groups is 1. The topological polar surface area (TPSA) is 61.5 Å². The predicted molar refractivity (Wildman–Crippen MR) is 89.7 cm³/mol. The van der Waals surface area contributed by atoms with Crippen molar-refractivity contribution in [1.82, 2.24) is 4.98 Å². The Morgan fingerprint density at radius 2 is 2.04 bits per heavy atom. The lowest BCUT2D eigenvalue weighted by Gasteiger charge is -2.29. The van der Waals surface area contributed by atoms with Crippen LogP contribution in [0.25, 0.3) is 10.9 Å². The van der Waals surface area contributed by atoms with E-state index in [0.29, 0.717) is 0 Å². The first kappa shape index (κ1) is 13.2. The van der Waals surface area contributed by atoms with Gasteiger partial charge in [0.2, 0.25) is 5.54 Å². The number of H-pyrrole nitrogens is 1. The molecular formula is C18H15ClN3O+. The molecule has 0 radical (unpaired) electrons. The Kier molecular flexibility index (Phi) is 2.50. The summed E-state index contributed by atoms with van der Waals surface area (Å²) in [5.41, 5.74) is 4.45. The van der Waals surface area contributed by atoms with Crippen LogP contribution in [0.5, 0.6) is 0 Å². The number of aromatic nitrogens is 1. The fourth-order valence-corrected chi connectivity index (χ4v) is 4.25. The Hall–Kier alpha value is -2.30. The summed E-state index contributed by atoms with van der Waals surface area (Å²) in [5, 5.41) is 7.03. The fraction of sp³-hybridized carbons (Fsp3) is 0.167. The number of quaternary nitrogens is 1. The highest BCUT2D eigenvalue weighted by atomic mass is 35.5. The second-order valence-corrected chi connectivity index (χ2v) is 6.66. The molecule has 1 amide bonds. The zero-order valence-electron chi connectivity index (χ0n) is 12.3. The zero-order valence-corrected chi connectivity index (χ0v) is 13.1. The van der Waals surface area contributed by atoms with Gasteiger partial charge in [-0.05, 0) is 35.9 Å². The molecule has 2 aliphatic heterocycles. The van der Waals surface area contributed by atoms with Crippen LogP contribution in [0, 0.1) is 0 Å². The Morgan fingerprint density at radius 3 is 2.96 bits per heavy atom. The first-order valence-electron chi connectivity index (χ1n) is 7.76. The Morgan fingerprint density at radius 1 is 1.17 bits per heavy atom. The van der Waals surface area contributed by atoms with Gasteiger partial charge in [-0.2, -0.15) is 0 Å². The SMILES string of the molecule is O=C1Nc2ccccc2[C@]12[NH2+]CCc1c2[nH]c2ccc(Cl)cc12. The van der Waals surface area contributed by atoms with E-state index in [9.17, 15) is 4.79 Å². The van der Waals surface area contributed by atoms with Crippen molar-refractivity contribution >= 4 is 34.1 Å². The molecule has 2 aliphatic rings. The van der Waals surface area contributed by atoms with Crippen LogP contribution in [0.4, 0.5) is 5.69 Å². The summed E-state index contributed by atoms with van der Waals surface area (Å²) in [6.45, 7) is 0.869. The normalized spacial score (nSPS) is 22.2. The molecular weight excluding hydrogens is 310 g/mol. The van der Waals surface area contributed by atoms with Crippen molar-refractivity contribution in [3.05, 3.63) is 64.3 Å². The molecule has 114 valence electrons. The molecule has 23 heavy (non-hydrogen) atoms. The molecule has 4 N–H and O–H groups in total. The molecule has 0 fully saturated rings. The average molecular weight is 325 g/mol. The molecule has 0 saturated carbocycles. The van der Waals surface area contributed by atoms with Gasteiger partial charge >= 0.3 is 0 Å². The Balaban J connectivity index is 1.86. The van der Waals surface area contributed by atoms with Gasteiger partial charge in [-0.3, -0.25) is 4.79 Å². The Labute approximate surface area is 137 Å². The third kappa shape index (κ3) is 1.57. The van der Waals surface area contributed by atoms with E-state index in [2.05, 4.69) is 15.6 Å². The van der Waals surface area contributed by atoms with E-state index in [0.717, 1.165) is 45.8 Å². The molecule has 4 nitrogen and oxygen atoms in total. The van der Waals surface area contributed by atoms with Crippen LogP contribution in [0.15, 0.2) is 42.5 Å². The lowest BCUT2D eigenvalue weighted by molar-refractivity contribution is -0.713. The third-order valence-electron chi connectivity index (χ3n) is 5.07. The molecule has 1 spiro atoms. The largest absolute Gasteiger partial charge is 0.352 e. The summed E-state index contributed by atoms with van der Waals surface area (Å²) < 4.78 is 0. The Bertz CT molecular complexity index is 978. The van der Waals surface area contributed by atoms with E-state index in [1.165, 1.54) is 5.56 Å². The number of para-hydroxylation sites is 1. The minimum absolute atomic E-state index is 0.0253. The zero-order chi connectivity index (χ0) is 15.6. The number of nitrogens with two attached hydrogens (primary N) is 1. The second kappa shape index (κ2) is 4.37. The average Bonchev–Trinajstić information content (AvgIpc) is 3.06. The van der Waals surface area contributed by atoms with E-state index in [1.807, 2.05) is 42.5 Å². The number of nitrogens with one attached hydrogen (secondary N) is 2. The quantitative estimate of drug-likeness (QED) is 0.583. The smallest absolute Gasteiger partial charge is 0.297 e. The van der Waals surface area contributed by atoms with Crippen LogP contribution in [-0.4, -0.2) is 17.4 Å². The molecule has 0 saturated heterocycles. The van der Waals surface area contributed by atoms with E-state index in [-0.39, 0.29) is 5.91 Å². The molecule has 5 rings (SSSR count). The first-order valence-corrected chi connectivity index (χ1v) is 8.14. The van der Waals surface area contributed by atoms with Gasteiger partial charge in [-0.1, -0.05) is 23.7 Å². The molecule has 0 aliphatic carbocycles. The lowest BCUT2D eigenvalue weighted by atomic mass is 9.82. The fourth-order valence-electron chi connectivity index (χ4n) is 4.08. The van der Waals surface area contributed by atoms with Crippen molar-refractivity contribution in [1.29, 1.82) is 0 Å². The highest BCUT2D eigenvalue weighted by Crippen LogP contribution is 2.42. The molecule has 0 bridgehead atoms. The van der Waals surface area contributed by atoms with E-state index >= 15 is 0 Å². The highest BCUT2D eigenvalue weighted by Gasteiger charge is 2.55. The van der Waals surface area contributed by atoms with Crippen molar-refractivity contribution in [3.8, 4) is 0 Å². The monoisotopic (exact) mass is 324 g/mol. The second-order valence-electron chi connectivity index (χ2n) is 6.22. The van der Waals surface area contributed by atoms with E-state index in [4.69, 9.17) is 11.6 Å². The maximum Gasteiger partial charge on any atom is 0.297 e. The van der Waals surface area contributed by atoms with Gasteiger partial charge in [0.05, 0.1) is 23.5 Å². The van der Waals surface area contributed by atoms with Gasteiger partial charge in [-0.15, -0.1) is 0 Å². The minimum Gasteiger partial charge on any atom is -0.352 e. The molecule has 1 aromatic heterocycles. The van der Waals surface area contributed by atoms with Crippen molar-refractivity contribution in [2.24, 2.45) is 0 Å². The van der Waals surface area contributed by atoms with Crippen LogP contribution in [0.3, 0.4) is 0 Å². The van der Waals surface area contributed by atoms with E-state index in [1.54, 1.807) is 0 Å². The summed E-state index contributed by atoms with van der Waals surface area (Å²) in [7, 11) is 0. The minimum atomic E-state index is -0.713. The third-order valence-corrected chi connectivity index (χ3v) is 5.30. The summed E-state index contributed by atoms with van der Waals surface area (Å²) in [6, 6.07) is 13.8. The van der Waals surface area contributed by atoms with Gasteiger partial charge in [0.1, 0.15) is 0 Å². The van der Waals surface area contributed by atoms with Crippen molar-refractivity contribution in [2.45, 2.75) is 12.0 Å². The van der Waals surface area contributed by atoms with E-state index < -0.39 is 5.54 Å². The molecule has 5 heteroatoms. The summed E-state index contributed by atoms with van der Waals surface area (Å²) in [5.74, 6) is 0.0253. The summed E-state index contributed by atoms with van der Waals surface area (Å²) in [4.78, 5) is 16.4. The molecule has 3 heterocycles. The maximum absolute atomic E-state index is 12.9. The number of anilines is 1. The van der Waals surface area contributed by atoms with Gasteiger partial charge in [-0.25, -0.2) is 0 Å². The van der Waals surface area contributed by atoms with Crippen LogP contribution in [0.2, 0.25) is 5.02 Å².